The van der Waals surface area contributed by atoms with Crippen molar-refractivity contribution >= 4 is 5.97 Å². The first-order valence-corrected chi connectivity index (χ1v) is 7.97. The molecule has 0 aliphatic heterocycles. The Morgan fingerprint density at radius 2 is 1.73 bits per heavy atom. The van der Waals surface area contributed by atoms with Crippen LogP contribution in [0.4, 0.5) is 0 Å². The van der Waals surface area contributed by atoms with Gasteiger partial charge in [0.2, 0.25) is 0 Å². The molecule has 0 radical (unpaired) electrons. The second-order valence-electron chi connectivity index (χ2n) is 7.61. The van der Waals surface area contributed by atoms with Crippen molar-refractivity contribution in [2.45, 2.75) is 66.7 Å². The van der Waals surface area contributed by atoms with Gasteiger partial charge in [-0.2, -0.15) is 0 Å². The zero-order valence-electron chi connectivity index (χ0n) is 15.2. The van der Waals surface area contributed by atoms with Crippen LogP contribution in [0.1, 0.15) is 69.7 Å². The van der Waals surface area contributed by atoms with Crippen molar-refractivity contribution in [2.75, 3.05) is 6.61 Å². The molecule has 1 rings (SSSR count). The number of benzene rings is 1. The summed E-state index contributed by atoms with van der Waals surface area (Å²) in [6.07, 6.45) is 0. The van der Waals surface area contributed by atoms with Crippen LogP contribution in [-0.4, -0.2) is 17.7 Å². The smallest absolute Gasteiger partial charge is 0.313 e. The van der Waals surface area contributed by atoms with Crippen molar-refractivity contribution in [3.8, 4) is 5.75 Å². The van der Waals surface area contributed by atoms with Crippen molar-refractivity contribution in [1.82, 2.24) is 0 Å². The number of carbonyl (C=O) groups is 1. The van der Waals surface area contributed by atoms with Crippen LogP contribution in [0.2, 0.25) is 0 Å². The first kappa shape index (κ1) is 18.5. The number of rotatable bonds is 4. The summed E-state index contributed by atoms with van der Waals surface area (Å²) in [5.74, 6) is 0.112. The molecule has 0 saturated heterocycles. The Morgan fingerprint density at radius 1 is 1.18 bits per heavy atom. The third-order valence-corrected chi connectivity index (χ3v) is 4.09. The average Bonchev–Trinajstić information content (AvgIpc) is 2.40. The molecule has 0 aliphatic carbocycles. The second-order valence-corrected chi connectivity index (χ2v) is 7.61. The van der Waals surface area contributed by atoms with E-state index in [1.54, 1.807) is 0 Å². The number of phenols is 1. The van der Waals surface area contributed by atoms with Crippen LogP contribution >= 0.6 is 0 Å². The summed E-state index contributed by atoms with van der Waals surface area (Å²) in [4.78, 5) is 12.3. The van der Waals surface area contributed by atoms with E-state index in [1.165, 1.54) is 0 Å². The van der Waals surface area contributed by atoms with Crippen LogP contribution in [-0.2, 0) is 14.9 Å². The predicted octanol–water partition coefficient (Wildman–Crippen LogP) is 4.61. The SMILES string of the molecule is Cc1c(C(C)C(=O)OCC(C)C)cc(C(C)(C)C)c(O)c1C. The van der Waals surface area contributed by atoms with Crippen LogP contribution < -0.4 is 0 Å². The Balaban J connectivity index is 3.24. The molecular formula is C19H30O3. The molecule has 0 heterocycles. The molecule has 3 heteroatoms. The summed E-state index contributed by atoms with van der Waals surface area (Å²) in [6, 6.07) is 1.96. The van der Waals surface area contributed by atoms with Gasteiger partial charge >= 0.3 is 5.97 Å². The Kier molecular flexibility index (Phi) is 5.66. The lowest BCUT2D eigenvalue weighted by Crippen LogP contribution is -2.19. The fourth-order valence-corrected chi connectivity index (χ4v) is 2.45. The molecule has 1 aromatic rings. The van der Waals surface area contributed by atoms with Gasteiger partial charge in [0.25, 0.3) is 0 Å². The van der Waals surface area contributed by atoms with E-state index in [4.69, 9.17) is 4.74 Å². The number of esters is 1. The molecule has 1 unspecified atom stereocenters. The van der Waals surface area contributed by atoms with Gasteiger partial charge in [-0.3, -0.25) is 4.79 Å². The second kappa shape index (κ2) is 6.72. The van der Waals surface area contributed by atoms with Crippen LogP contribution in [0.25, 0.3) is 0 Å². The lowest BCUT2D eigenvalue weighted by molar-refractivity contribution is -0.146. The van der Waals surface area contributed by atoms with E-state index in [0.717, 1.165) is 22.3 Å². The van der Waals surface area contributed by atoms with Gasteiger partial charge in [-0.1, -0.05) is 40.7 Å². The van der Waals surface area contributed by atoms with Crippen molar-refractivity contribution in [3.63, 3.8) is 0 Å². The number of ether oxygens (including phenoxy) is 1. The Bertz CT molecular complexity index is 551. The van der Waals surface area contributed by atoms with Crippen molar-refractivity contribution in [1.29, 1.82) is 0 Å². The molecule has 0 saturated carbocycles. The maximum absolute atomic E-state index is 12.3. The summed E-state index contributed by atoms with van der Waals surface area (Å²) < 4.78 is 5.37. The minimum absolute atomic E-state index is 0.182. The Hall–Kier alpha value is -1.51. The van der Waals surface area contributed by atoms with Crippen LogP contribution in [0.15, 0.2) is 6.07 Å². The monoisotopic (exact) mass is 306 g/mol. The summed E-state index contributed by atoms with van der Waals surface area (Å²) in [7, 11) is 0. The zero-order chi connectivity index (χ0) is 17.2. The van der Waals surface area contributed by atoms with Crippen molar-refractivity contribution < 1.29 is 14.6 Å². The van der Waals surface area contributed by atoms with Gasteiger partial charge in [0, 0.05) is 0 Å². The zero-order valence-corrected chi connectivity index (χ0v) is 15.2. The molecule has 1 aromatic carbocycles. The topological polar surface area (TPSA) is 46.5 Å². The molecule has 124 valence electrons. The standard InChI is InChI=1S/C19H30O3/c1-11(2)10-22-18(21)14(5)15-9-16(19(6,7)8)17(20)13(4)12(15)3/h9,11,14,20H,10H2,1-8H3. The molecule has 0 fully saturated rings. The highest BCUT2D eigenvalue weighted by Gasteiger charge is 2.26. The number of aromatic hydroxyl groups is 1. The lowest BCUT2D eigenvalue weighted by atomic mass is 9.80. The first-order chi connectivity index (χ1) is 9.96. The first-order valence-electron chi connectivity index (χ1n) is 7.97. The molecule has 22 heavy (non-hydrogen) atoms. The number of phenolic OH excluding ortho intramolecular Hbond substituents is 1. The van der Waals surface area contributed by atoms with Crippen LogP contribution in [0.3, 0.4) is 0 Å². The molecule has 0 spiro atoms. The Labute approximate surface area is 134 Å². The van der Waals surface area contributed by atoms with Gasteiger partial charge in [0.15, 0.2) is 0 Å². The maximum atomic E-state index is 12.3. The summed E-state index contributed by atoms with van der Waals surface area (Å²) in [5, 5.41) is 10.4. The van der Waals surface area contributed by atoms with Crippen molar-refractivity contribution in [2.24, 2.45) is 5.92 Å². The highest BCUT2D eigenvalue weighted by atomic mass is 16.5. The minimum atomic E-state index is -0.334. The van der Waals surface area contributed by atoms with Gasteiger partial charge in [-0.05, 0) is 54.4 Å². The quantitative estimate of drug-likeness (QED) is 0.826. The summed E-state index contributed by atoms with van der Waals surface area (Å²) >= 11 is 0. The minimum Gasteiger partial charge on any atom is -0.507 e. The van der Waals surface area contributed by atoms with E-state index in [1.807, 2.05) is 40.7 Å². The molecule has 0 aromatic heterocycles. The maximum Gasteiger partial charge on any atom is 0.313 e. The van der Waals surface area contributed by atoms with E-state index in [2.05, 4.69) is 20.8 Å². The number of hydrogen-bond donors (Lipinski definition) is 1. The number of hydrogen-bond acceptors (Lipinski definition) is 3. The average molecular weight is 306 g/mol. The van der Waals surface area contributed by atoms with Crippen molar-refractivity contribution in [3.05, 3.63) is 28.3 Å². The summed E-state index contributed by atoms with van der Waals surface area (Å²) in [6.45, 7) is 16.4. The molecule has 1 atom stereocenters. The van der Waals surface area contributed by atoms with Gasteiger partial charge in [-0.25, -0.2) is 0 Å². The largest absolute Gasteiger partial charge is 0.507 e. The number of carbonyl (C=O) groups excluding carboxylic acids is 1. The van der Waals surface area contributed by atoms with Gasteiger partial charge in [0.05, 0.1) is 12.5 Å². The normalized spacial score (nSPS) is 13.3. The van der Waals surface area contributed by atoms with E-state index in [-0.39, 0.29) is 17.3 Å². The molecule has 3 nitrogen and oxygen atoms in total. The van der Waals surface area contributed by atoms with E-state index >= 15 is 0 Å². The van der Waals surface area contributed by atoms with Crippen LogP contribution in [0.5, 0.6) is 5.75 Å². The molecular weight excluding hydrogens is 276 g/mol. The predicted molar refractivity (Wildman–Crippen MR) is 90.5 cm³/mol. The molecule has 0 amide bonds. The molecule has 0 bridgehead atoms. The van der Waals surface area contributed by atoms with Gasteiger partial charge in [-0.15, -0.1) is 0 Å². The van der Waals surface area contributed by atoms with E-state index in [9.17, 15) is 9.90 Å². The third-order valence-electron chi connectivity index (χ3n) is 4.09. The highest BCUT2D eigenvalue weighted by Crippen LogP contribution is 2.38. The third kappa shape index (κ3) is 4.02. The van der Waals surface area contributed by atoms with Crippen LogP contribution in [0, 0.1) is 19.8 Å². The highest BCUT2D eigenvalue weighted by molar-refractivity contribution is 5.79. The van der Waals surface area contributed by atoms with E-state index in [0.29, 0.717) is 18.3 Å². The Morgan fingerprint density at radius 3 is 2.18 bits per heavy atom. The fourth-order valence-electron chi connectivity index (χ4n) is 2.45. The van der Waals surface area contributed by atoms with E-state index < -0.39 is 0 Å². The van der Waals surface area contributed by atoms with Gasteiger partial charge < -0.3 is 9.84 Å². The molecule has 1 N–H and O–H groups in total. The fraction of sp³-hybridized carbons (Fsp3) is 0.632. The van der Waals surface area contributed by atoms with Gasteiger partial charge in [0.1, 0.15) is 5.75 Å². The molecule has 0 aliphatic rings. The lowest BCUT2D eigenvalue weighted by Gasteiger charge is -2.26. The summed E-state index contributed by atoms with van der Waals surface area (Å²) in [5.41, 5.74) is 3.42.